The molecule has 0 aliphatic heterocycles. The van der Waals surface area contributed by atoms with Gasteiger partial charge in [0.2, 0.25) is 0 Å². The van der Waals surface area contributed by atoms with Gasteiger partial charge in [0.05, 0.1) is 13.2 Å². The molecule has 0 aromatic carbocycles. The van der Waals surface area contributed by atoms with Gasteiger partial charge in [-0.1, -0.05) is 13.8 Å². The molecule has 2 unspecified atom stereocenters. The first-order chi connectivity index (χ1) is 6.52. The van der Waals surface area contributed by atoms with Gasteiger partial charge in [0.25, 0.3) is 0 Å². The van der Waals surface area contributed by atoms with Crippen molar-refractivity contribution in [3.8, 4) is 0 Å². The van der Waals surface area contributed by atoms with Crippen molar-refractivity contribution in [2.24, 2.45) is 0 Å². The van der Waals surface area contributed by atoms with Gasteiger partial charge < -0.3 is 9.47 Å². The number of hydrogen-bond acceptors (Lipinski definition) is 5. The Labute approximate surface area is 96.4 Å². The summed E-state index contributed by atoms with van der Waals surface area (Å²) in [6.45, 7) is 4.61. The quantitative estimate of drug-likeness (QED) is 0.551. The van der Waals surface area contributed by atoms with Gasteiger partial charge in [-0.2, -0.15) is 25.3 Å². The third-order valence-electron chi connectivity index (χ3n) is 1.51. The molecule has 0 aliphatic rings. The molecule has 0 aromatic heterocycles. The van der Waals surface area contributed by atoms with Crippen LogP contribution in [0, 0.1) is 0 Å². The molecule has 0 aliphatic carbocycles. The molecule has 5 heteroatoms. The van der Waals surface area contributed by atoms with Crippen molar-refractivity contribution in [2.75, 3.05) is 13.2 Å². The minimum absolute atomic E-state index is 0.236. The number of rotatable bonds is 6. The van der Waals surface area contributed by atoms with Crippen LogP contribution < -0.4 is 0 Å². The van der Waals surface area contributed by atoms with Crippen LogP contribution in [0.15, 0.2) is 0 Å². The van der Waals surface area contributed by atoms with Gasteiger partial charge >= 0.3 is 6.16 Å². The Hall–Kier alpha value is -0.0300. The Balaban J connectivity index is 3.28. The summed E-state index contributed by atoms with van der Waals surface area (Å²) in [5.74, 6) is 0. The molecule has 0 spiro atoms. The molecule has 0 N–H and O–H groups in total. The van der Waals surface area contributed by atoms with Crippen molar-refractivity contribution >= 4 is 31.4 Å². The van der Waals surface area contributed by atoms with Crippen molar-refractivity contribution in [3.05, 3.63) is 0 Å². The highest BCUT2D eigenvalue weighted by molar-refractivity contribution is 7.81. The predicted molar refractivity (Wildman–Crippen MR) is 63.4 cm³/mol. The first-order valence-electron chi connectivity index (χ1n) is 4.68. The monoisotopic (exact) mass is 238 g/mol. The second-order valence-electron chi connectivity index (χ2n) is 3.22. The van der Waals surface area contributed by atoms with E-state index in [0.717, 1.165) is 12.8 Å². The number of hydrogen-bond donors (Lipinski definition) is 2. The van der Waals surface area contributed by atoms with Gasteiger partial charge in [0.1, 0.15) is 0 Å². The summed E-state index contributed by atoms with van der Waals surface area (Å²) in [7, 11) is 0. The standard InChI is InChI=1S/C9H18O3S2/c1-7(13)3-5-11-9(10)12-6-4-8(2)14/h7-8,13-14H,3-6H2,1-2H3. The van der Waals surface area contributed by atoms with Gasteiger partial charge in [-0.05, 0) is 12.8 Å². The fourth-order valence-electron chi connectivity index (χ4n) is 0.667. The maximum absolute atomic E-state index is 10.9. The van der Waals surface area contributed by atoms with Crippen molar-refractivity contribution in [1.29, 1.82) is 0 Å². The molecule has 0 bridgehead atoms. The highest BCUT2D eigenvalue weighted by Crippen LogP contribution is 2.02. The number of carbonyl (C=O) groups is 1. The first kappa shape index (κ1) is 14.0. The van der Waals surface area contributed by atoms with Crippen molar-refractivity contribution in [2.45, 2.75) is 37.2 Å². The molecule has 0 saturated heterocycles. The number of ether oxygens (including phenoxy) is 2. The zero-order valence-corrected chi connectivity index (χ0v) is 10.4. The zero-order valence-electron chi connectivity index (χ0n) is 8.60. The molecular formula is C9H18O3S2. The lowest BCUT2D eigenvalue weighted by Crippen LogP contribution is -2.12. The van der Waals surface area contributed by atoms with Gasteiger partial charge in [-0.25, -0.2) is 4.79 Å². The van der Waals surface area contributed by atoms with Crippen LogP contribution in [0.5, 0.6) is 0 Å². The van der Waals surface area contributed by atoms with Crippen LogP contribution in [0.1, 0.15) is 26.7 Å². The van der Waals surface area contributed by atoms with Crippen LogP contribution in [0.4, 0.5) is 4.79 Å². The fourth-order valence-corrected chi connectivity index (χ4v) is 0.878. The molecule has 0 radical (unpaired) electrons. The molecule has 14 heavy (non-hydrogen) atoms. The van der Waals surface area contributed by atoms with Gasteiger partial charge in [-0.3, -0.25) is 0 Å². The number of carbonyl (C=O) groups excluding carboxylic acids is 1. The van der Waals surface area contributed by atoms with E-state index in [2.05, 4.69) is 25.3 Å². The minimum Gasteiger partial charge on any atom is -0.434 e. The third kappa shape index (κ3) is 10.1. The lowest BCUT2D eigenvalue weighted by molar-refractivity contribution is 0.0541. The van der Waals surface area contributed by atoms with E-state index in [0.29, 0.717) is 13.2 Å². The molecule has 0 heterocycles. The van der Waals surface area contributed by atoms with E-state index < -0.39 is 6.16 Å². The van der Waals surface area contributed by atoms with E-state index in [1.165, 1.54) is 0 Å². The topological polar surface area (TPSA) is 35.5 Å². The maximum Gasteiger partial charge on any atom is 0.508 e. The fraction of sp³-hybridized carbons (Fsp3) is 0.889. The Morgan fingerprint density at radius 1 is 1.07 bits per heavy atom. The summed E-state index contributed by atoms with van der Waals surface area (Å²) < 4.78 is 9.60. The lowest BCUT2D eigenvalue weighted by Gasteiger charge is -2.08. The van der Waals surface area contributed by atoms with E-state index in [1.807, 2.05) is 13.8 Å². The minimum atomic E-state index is -0.604. The maximum atomic E-state index is 10.9. The van der Waals surface area contributed by atoms with Gasteiger partial charge in [0, 0.05) is 10.5 Å². The molecule has 0 saturated carbocycles. The largest absolute Gasteiger partial charge is 0.508 e. The summed E-state index contributed by atoms with van der Waals surface area (Å²) in [5.41, 5.74) is 0. The van der Waals surface area contributed by atoms with Gasteiger partial charge in [-0.15, -0.1) is 0 Å². The van der Waals surface area contributed by atoms with Crippen molar-refractivity contribution in [1.82, 2.24) is 0 Å². The normalized spacial score (nSPS) is 14.6. The SMILES string of the molecule is CC(S)CCOC(=O)OCCC(C)S. The van der Waals surface area contributed by atoms with E-state index >= 15 is 0 Å². The van der Waals surface area contributed by atoms with Crippen LogP contribution in [0.2, 0.25) is 0 Å². The smallest absolute Gasteiger partial charge is 0.434 e. The lowest BCUT2D eigenvalue weighted by atomic mass is 10.3. The number of thiol groups is 2. The zero-order chi connectivity index (χ0) is 11.0. The first-order valence-corrected chi connectivity index (χ1v) is 5.71. The van der Waals surface area contributed by atoms with E-state index in [9.17, 15) is 4.79 Å². The van der Waals surface area contributed by atoms with E-state index in [1.54, 1.807) is 0 Å². The Kier molecular flexibility index (Phi) is 8.27. The summed E-state index contributed by atoms with van der Waals surface area (Å²) in [6.07, 6.45) is 0.871. The highest BCUT2D eigenvalue weighted by atomic mass is 32.1. The average Bonchev–Trinajstić information content (AvgIpc) is 2.02. The van der Waals surface area contributed by atoms with E-state index in [4.69, 9.17) is 9.47 Å². The predicted octanol–water partition coefficient (Wildman–Crippen LogP) is 2.56. The molecule has 0 fully saturated rings. The summed E-state index contributed by atoms with van der Waals surface area (Å²) in [6, 6.07) is 0. The Bertz CT molecular complexity index is 144. The van der Waals surface area contributed by atoms with Crippen LogP contribution in [0.3, 0.4) is 0 Å². The summed E-state index contributed by atoms with van der Waals surface area (Å²) in [5, 5.41) is 0.473. The van der Waals surface area contributed by atoms with Crippen molar-refractivity contribution in [3.63, 3.8) is 0 Å². The Morgan fingerprint density at radius 3 is 1.71 bits per heavy atom. The molecule has 2 atom stereocenters. The van der Waals surface area contributed by atoms with Crippen molar-refractivity contribution < 1.29 is 14.3 Å². The molecule has 0 aromatic rings. The average molecular weight is 238 g/mol. The molecule has 3 nitrogen and oxygen atoms in total. The second-order valence-corrected chi connectivity index (χ2v) is 4.99. The summed E-state index contributed by atoms with van der Waals surface area (Å²) >= 11 is 8.31. The van der Waals surface area contributed by atoms with Crippen LogP contribution in [-0.4, -0.2) is 29.9 Å². The second kappa shape index (κ2) is 8.29. The molecule has 84 valence electrons. The van der Waals surface area contributed by atoms with Crippen LogP contribution >= 0.6 is 25.3 Å². The third-order valence-corrected chi connectivity index (χ3v) is 2.03. The van der Waals surface area contributed by atoms with Gasteiger partial charge in [0.15, 0.2) is 0 Å². The summed E-state index contributed by atoms with van der Waals surface area (Å²) in [4.78, 5) is 10.9. The van der Waals surface area contributed by atoms with Crippen LogP contribution in [0.25, 0.3) is 0 Å². The van der Waals surface area contributed by atoms with Crippen LogP contribution in [-0.2, 0) is 9.47 Å². The van der Waals surface area contributed by atoms with E-state index in [-0.39, 0.29) is 10.5 Å². The molecular weight excluding hydrogens is 220 g/mol. The molecule has 0 rings (SSSR count). The molecule has 0 amide bonds. The Morgan fingerprint density at radius 2 is 1.43 bits per heavy atom. The highest BCUT2D eigenvalue weighted by Gasteiger charge is 2.05.